The number of pyridine rings is 1. The Morgan fingerprint density at radius 1 is 1.13 bits per heavy atom. The normalized spacial score (nSPS) is 16.9. The van der Waals surface area contributed by atoms with Crippen LogP contribution < -0.4 is 4.74 Å². The molecule has 0 aliphatic carbocycles. The van der Waals surface area contributed by atoms with Crippen LogP contribution in [0, 0.1) is 0 Å². The molecule has 0 bridgehead atoms. The number of rotatable bonds is 8. The summed E-state index contributed by atoms with van der Waals surface area (Å²) in [6.45, 7) is 6.63. The zero-order valence-electron chi connectivity index (χ0n) is 18.9. The zero-order chi connectivity index (χ0) is 21.8. The fraction of sp³-hybridized carbons (Fsp3) is 0.440. The van der Waals surface area contributed by atoms with Gasteiger partial charge in [0.05, 0.1) is 30.6 Å². The maximum atomic E-state index is 5.95. The summed E-state index contributed by atoms with van der Waals surface area (Å²) in [4.78, 5) is 7.34. The SMILES string of the molecule is COCc1cc(CN2CCC[C@H]2c2ccc(-c3cnn(C)c3)cn2)ccc1OC(C)C. The van der Waals surface area contributed by atoms with Crippen molar-refractivity contribution in [2.75, 3.05) is 13.7 Å². The van der Waals surface area contributed by atoms with Gasteiger partial charge in [-0.2, -0.15) is 5.10 Å². The molecule has 1 atom stereocenters. The summed E-state index contributed by atoms with van der Waals surface area (Å²) in [5.74, 6) is 0.909. The minimum Gasteiger partial charge on any atom is -0.491 e. The number of likely N-dealkylation sites (tertiary alicyclic amines) is 1. The monoisotopic (exact) mass is 420 g/mol. The number of nitrogens with zero attached hydrogens (tertiary/aromatic N) is 4. The third-order valence-electron chi connectivity index (χ3n) is 5.70. The highest BCUT2D eigenvalue weighted by atomic mass is 16.5. The second-order valence-electron chi connectivity index (χ2n) is 8.54. The lowest BCUT2D eigenvalue weighted by molar-refractivity contribution is 0.174. The summed E-state index contributed by atoms with van der Waals surface area (Å²) in [5.41, 5.74) is 5.72. The fourth-order valence-electron chi connectivity index (χ4n) is 4.30. The van der Waals surface area contributed by atoms with Gasteiger partial charge in [0.1, 0.15) is 5.75 Å². The van der Waals surface area contributed by atoms with E-state index in [2.05, 4.69) is 40.3 Å². The Morgan fingerprint density at radius 2 is 2.00 bits per heavy atom. The average Bonchev–Trinajstić information content (AvgIpc) is 3.39. The number of aromatic nitrogens is 3. The number of aryl methyl sites for hydroxylation is 1. The van der Waals surface area contributed by atoms with Crippen molar-refractivity contribution >= 4 is 0 Å². The molecule has 2 aromatic heterocycles. The van der Waals surface area contributed by atoms with Gasteiger partial charge in [0, 0.05) is 49.8 Å². The number of hydrogen-bond donors (Lipinski definition) is 0. The summed E-state index contributed by atoms with van der Waals surface area (Å²) < 4.78 is 13.2. The van der Waals surface area contributed by atoms with Crippen LogP contribution in [0.1, 0.15) is 49.6 Å². The van der Waals surface area contributed by atoms with E-state index in [9.17, 15) is 0 Å². The molecule has 1 saturated heterocycles. The first-order chi connectivity index (χ1) is 15.0. The van der Waals surface area contributed by atoms with Crippen LogP contribution in [-0.4, -0.2) is 39.4 Å². The zero-order valence-corrected chi connectivity index (χ0v) is 18.9. The Kier molecular flexibility index (Phi) is 6.68. The van der Waals surface area contributed by atoms with Crippen LogP contribution in [0.3, 0.4) is 0 Å². The van der Waals surface area contributed by atoms with E-state index in [-0.39, 0.29) is 6.10 Å². The molecule has 6 heteroatoms. The van der Waals surface area contributed by atoms with Crippen molar-refractivity contribution in [2.45, 2.75) is 52.0 Å². The van der Waals surface area contributed by atoms with Crippen molar-refractivity contribution in [1.29, 1.82) is 0 Å². The number of methoxy groups -OCH3 is 1. The maximum Gasteiger partial charge on any atom is 0.125 e. The quantitative estimate of drug-likeness (QED) is 0.526. The Hall–Kier alpha value is -2.70. The highest BCUT2D eigenvalue weighted by molar-refractivity contribution is 5.60. The second kappa shape index (κ2) is 9.62. The average molecular weight is 421 g/mol. The molecule has 0 amide bonds. The second-order valence-corrected chi connectivity index (χ2v) is 8.54. The topological polar surface area (TPSA) is 52.4 Å². The third kappa shape index (κ3) is 5.14. The highest BCUT2D eigenvalue weighted by Gasteiger charge is 2.27. The van der Waals surface area contributed by atoms with Crippen LogP contribution in [0.2, 0.25) is 0 Å². The van der Waals surface area contributed by atoms with Gasteiger partial charge in [0.2, 0.25) is 0 Å². The summed E-state index contributed by atoms with van der Waals surface area (Å²) in [6, 6.07) is 11.1. The number of ether oxygens (including phenoxy) is 2. The summed E-state index contributed by atoms with van der Waals surface area (Å²) in [7, 11) is 3.66. The van der Waals surface area contributed by atoms with E-state index in [1.165, 1.54) is 12.0 Å². The van der Waals surface area contributed by atoms with E-state index in [1.54, 1.807) is 7.11 Å². The van der Waals surface area contributed by atoms with Gasteiger partial charge in [0.25, 0.3) is 0 Å². The fourth-order valence-corrected chi connectivity index (χ4v) is 4.30. The first kappa shape index (κ1) is 21.5. The molecule has 1 fully saturated rings. The van der Waals surface area contributed by atoms with E-state index in [1.807, 2.05) is 44.2 Å². The van der Waals surface area contributed by atoms with Gasteiger partial charge in [-0.1, -0.05) is 12.1 Å². The van der Waals surface area contributed by atoms with Crippen LogP contribution in [0.4, 0.5) is 0 Å². The van der Waals surface area contributed by atoms with E-state index in [0.717, 1.165) is 47.6 Å². The first-order valence-corrected chi connectivity index (χ1v) is 11.0. The van der Waals surface area contributed by atoms with Crippen LogP contribution in [0.5, 0.6) is 5.75 Å². The molecular weight excluding hydrogens is 388 g/mol. The van der Waals surface area contributed by atoms with Gasteiger partial charge in [-0.3, -0.25) is 14.6 Å². The molecule has 0 unspecified atom stereocenters. The molecule has 6 nitrogen and oxygen atoms in total. The first-order valence-electron chi connectivity index (χ1n) is 11.0. The molecule has 1 aliphatic heterocycles. The van der Waals surface area contributed by atoms with Crippen LogP contribution in [0.25, 0.3) is 11.1 Å². The Labute approximate surface area is 184 Å². The Bertz CT molecular complexity index is 997. The van der Waals surface area contributed by atoms with Gasteiger partial charge in [-0.15, -0.1) is 0 Å². The lowest BCUT2D eigenvalue weighted by Gasteiger charge is -2.25. The van der Waals surface area contributed by atoms with Crippen LogP contribution >= 0.6 is 0 Å². The smallest absolute Gasteiger partial charge is 0.125 e. The van der Waals surface area contributed by atoms with Crippen molar-refractivity contribution in [3.8, 4) is 16.9 Å². The highest BCUT2D eigenvalue weighted by Crippen LogP contribution is 2.33. The molecule has 1 aromatic carbocycles. The van der Waals surface area contributed by atoms with Gasteiger partial charge in [-0.05, 0) is 57.0 Å². The molecule has 164 valence electrons. The molecule has 4 rings (SSSR count). The molecule has 1 aliphatic rings. The van der Waals surface area contributed by atoms with Gasteiger partial charge in [-0.25, -0.2) is 0 Å². The molecule has 0 spiro atoms. The molecule has 0 saturated carbocycles. The lowest BCUT2D eigenvalue weighted by atomic mass is 10.1. The maximum absolute atomic E-state index is 5.95. The largest absolute Gasteiger partial charge is 0.491 e. The Morgan fingerprint density at radius 3 is 2.68 bits per heavy atom. The van der Waals surface area contributed by atoms with Crippen molar-refractivity contribution < 1.29 is 9.47 Å². The van der Waals surface area contributed by atoms with E-state index in [4.69, 9.17) is 14.5 Å². The van der Waals surface area contributed by atoms with Gasteiger partial charge in [0.15, 0.2) is 0 Å². The molecule has 31 heavy (non-hydrogen) atoms. The van der Waals surface area contributed by atoms with Crippen LogP contribution in [-0.2, 0) is 24.9 Å². The molecule has 0 radical (unpaired) electrons. The predicted molar refractivity (Wildman–Crippen MR) is 122 cm³/mol. The van der Waals surface area contributed by atoms with E-state index >= 15 is 0 Å². The minimum atomic E-state index is 0.144. The summed E-state index contributed by atoms with van der Waals surface area (Å²) in [5, 5.41) is 4.26. The standard InChI is InChI=1S/C25H32N4O2/c1-18(2)31-25-10-7-19(12-21(25)17-30-4)15-29-11-5-6-24(29)23-9-8-20(13-26-23)22-14-27-28(3)16-22/h7-10,12-14,16,18,24H,5-6,11,15,17H2,1-4H3/t24-/m0/s1. The van der Waals surface area contributed by atoms with Crippen molar-refractivity contribution in [3.05, 3.63) is 65.7 Å². The minimum absolute atomic E-state index is 0.144. The lowest BCUT2D eigenvalue weighted by Crippen LogP contribution is -2.23. The molecule has 3 aromatic rings. The van der Waals surface area contributed by atoms with E-state index < -0.39 is 0 Å². The molecular formula is C25H32N4O2. The van der Waals surface area contributed by atoms with Crippen LogP contribution in [0.15, 0.2) is 48.9 Å². The van der Waals surface area contributed by atoms with Crippen molar-refractivity contribution in [1.82, 2.24) is 19.7 Å². The third-order valence-corrected chi connectivity index (χ3v) is 5.70. The molecule has 3 heterocycles. The Balaban J connectivity index is 1.49. The summed E-state index contributed by atoms with van der Waals surface area (Å²) in [6.07, 6.45) is 8.34. The van der Waals surface area contributed by atoms with Crippen molar-refractivity contribution in [3.63, 3.8) is 0 Å². The molecule has 0 N–H and O–H groups in total. The van der Waals surface area contributed by atoms with E-state index in [0.29, 0.717) is 12.6 Å². The van der Waals surface area contributed by atoms with Gasteiger partial charge < -0.3 is 9.47 Å². The number of benzene rings is 1. The van der Waals surface area contributed by atoms with Crippen molar-refractivity contribution in [2.24, 2.45) is 7.05 Å². The predicted octanol–water partition coefficient (Wildman–Crippen LogP) is 4.75. The van der Waals surface area contributed by atoms with Gasteiger partial charge >= 0.3 is 0 Å². The number of hydrogen-bond acceptors (Lipinski definition) is 5. The summed E-state index contributed by atoms with van der Waals surface area (Å²) >= 11 is 0.